The number of phenolic OH excluding ortho intramolecular Hbond substituents is 1. The highest BCUT2D eigenvalue weighted by Crippen LogP contribution is 2.31. The molecule has 0 spiro atoms. The first-order chi connectivity index (χ1) is 12.0. The molecular formula is C20H18N2O2S. The fourth-order valence-electron chi connectivity index (χ4n) is 2.30. The first-order valence-corrected chi connectivity index (χ1v) is 8.66. The molecule has 0 aliphatic rings. The predicted molar refractivity (Wildman–Crippen MR) is 100 cm³/mol. The molecule has 25 heavy (non-hydrogen) atoms. The first-order valence-electron chi connectivity index (χ1n) is 7.84. The van der Waals surface area contributed by atoms with Gasteiger partial charge in [0.25, 0.3) is 5.91 Å². The zero-order valence-electron chi connectivity index (χ0n) is 14.0. The van der Waals surface area contributed by atoms with Gasteiger partial charge in [-0.15, -0.1) is 0 Å². The van der Waals surface area contributed by atoms with Crippen molar-refractivity contribution in [2.45, 2.75) is 23.8 Å². The minimum absolute atomic E-state index is 0.0307. The number of pyridine rings is 1. The molecule has 4 nitrogen and oxygen atoms in total. The lowest BCUT2D eigenvalue weighted by Crippen LogP contribution is -2.13. The molecule has 0 fully saturated rings. The van der Waals surface area contributed by atoms with Gasteiger partial charge in [0.05, 0.1) is 11.3 Å². The number of carbonyl (C=O) groups is 1. The van der Waals surface area contributed by atoms with Gasteiger partial charge < -0.3 is 10.4 Å². The number of hydrogen-bond acceptors (Lipinski definition) is 4. The second-order valence-electron chi connectivity index (χ2n) is 5.68. The minimum Gasteiger partial charge on any atom is -0.506 e. The summed E-state index contributed by atoms with van der Waals surface area (Å²) in [5, 5.41) is 13.2. The number of nitrogens with zero attached hydrogens (tertiary/aromatic N) is 1. The summed E-state index contributed by atoms with van der Waals surface area (Å²) in [7, 11) is 0. The Kier molecular flexibility index (Phi) is 5.05. The van der Waals surface area contributed by atoms with E-state index >= 15 is 0 Å². The van der Waals surface area contributed by atoms with Crippen molar-refractivity contribution in [3.8, 4) is 5.75 Å². The molecule has 0 aliphatic carbocycles. The number of aromatic nitrogens is 1. The number of nitrogens with one attached hydrogen (secondary N) is 1. The summed E-state index contributed by atoms with van der Waals surface area (Å²) in [4.78, 5) is 18.0. The molecule has 0 saturated heterocycles. The van der Waals surface area contributed by atoms with Crippen LogP contribution in [0.15, 0.2) is 70.7 Å². The van der Waals surface area contributed by atoms with Crippen molar-refractivity contribution in [2.75, 3.05) is 5.32 Å². The van der Waals surface area contributed by atoms with Crippen LogP contribution in [-0.4, -0.2) is 16.0 Å². The number of rotatable bonds is 4. The Bertz CT molecular complexity index is 925. The molecule has 1 amide bonds. The van der Waals surface area contributed by atoms with E-state index in [1.165, 1.54) is 29.0 Å². The Morgan fingerprint density at radius 2 is 1.84 bits per heavy atom. The molecule has 0 radical (unpaired) electrons. The van der Waals surface area contributed by atoms with Gasteiger partial charge in [0, 0.05) is 11.1 Å². The van der Waals surface area contributed by atoms with Crippen molar-refractivity contribution in [1.29, 1.82) is 0 Å². The quantitative estimate of drug-likeness (QED) is 0.663. The van der Waals surface area contributed by atoms with E-state index in [2.05, 4.69) is 36.3 Å². The number of aromatic hydroxyl groups is 1. The Hall–Kier alpha value is -2.79. The van der Waals surface area contributed by atoms with Gasteiger partial charge in [-0.2, -0.15) is 0 Å². The molecule has 2 aromatic carbocycles. The third-order valence-corrected chi connectivity index (χ3v) is 4.87. The number of para-hydroxylation sites is 2. The van der Waals surface area contributed by atoms with E-state index in [1.54, 1.807) is 36.5 Å². The maximum atomic E-state index is 12.6. The fourth-order valence-corrected chi connectivity index (χ4v) is 3.28. The number of benzene rings is 2. The third-order valence-electron chi connectivity index (χ3n) is 3.86. The molecule has 5 heteroatoms. The van der Waals surface area contributed by atoms with Crippen LogP contribution in [-0.2, 0) is 0 Å². The average molecular weight is 350 g/mol. The highest BCUT2D eigenvalue weighted by molar-refractivity contribution is 7.99. The molecule has 0 aliphatic heterocycles. The molecule has 0 atom stereocenters. The van der Waals surface area contributed by atoms with Crippen molar-refractivity contribution in [2.24, 2.45) is 0 Å². The van der Waals surface area contributed by atoms with Crippen molar-refractivity contribution >= 4 is 23.4 Å². The van der Waals surface area contributed by atoms with E-state index in [4.69, 9.17) is 0 Å². The molecule has 1 heterocycles. The lowest BCUT2D eigenvalue weighted by Gasteiger charge is -2.10. The Balaban J connectivity index is 1.86. The maximum absolute atomic E-state index is 12.6. The zero-order valence-corrected chi connectivity index (χ0v) is 14.8. The van der Waals surface area contributed by atoms with Gasteiger partial charge in [-0.25, -0.2) is 4.98 Å². The van der Waals surface area contributed by atoms with Gasteiger partial charge in [-0.3, -0.25) is 4.79 Å². The molecule has 1 aromatic heterocycles. The maximum Gasteiger partial charge on any atom is 0.258 e. The van der Waals surface area contributed by atoms with E-state index in [0.717, 1.165) is 4.90 Å². The van der Waals surface area contributed by atoms with Crippen molar-refractivity contribution < 1.29 is 9.90 Å². The van der Waals surface area contributed by atoms with E-state index in [9.17, 15) is 9.90 Å². The van der Waals surface area contributed by atoms with Crippen LogP contribution in [0, 0.1) is 13.8 Å². The van der Waals surface area contributed by atoms with Crippen molar-refractivity contribution in [3.63, 3.8) is 0 Å². The number of phenols is 1. The van der Waals surface area contributed by atoms with Gasteiger partial charge in [0.2, 0.25) is 0 Å². The standard InChI is InChI=1S/C20H18N2O2S/c1-13-9-10-15(12-14(13)2)25-20-16(6-5-11-21-20)19(24)22-17-7-3-4-8-18(17)23/h3-12,23H,1-2H3,(H,22,24). The largest absolute Gasteiger partial charge is 0.506 e. The molecule has 3 rings (SSSR count). The molecule has 126 valence electrons. The molecule has 0 unspecified atom stereocenters. The summed E-state index contributed by atoms with van der Waals surface area (Å²) < 4.78 is 0. The number of aryl methyl sites for hydroxylation is 2. The summed E-state index contributed by atoms with van der Waals surface area (Å²) in [5.41, 5.74) is 3.26. The molecule has 2 N–H and O–H groups in total. The van der Waals surface area contributed by atoms with E-state index < -0.39 is 0 Å². The third kappa shape index (κ3) is 4.00. The average Bonchev–Trinajstić information content (AvgIpc) is 2.60. The summed E-state index contributed by atoms with van der Waals surface area (Å²) >= 11 is 1.45. The predicted octanol–water partition coefficient (Wildman–Crippen LogP) is 4.81. The lowest BCUT2D eigenvalue weighted by molar-refractivity contribution is 0.102. The Labute approximate surface area is 150 Å². The highest BCUT2D eigenvalue weighted by atomic mass is 32.2. The smallest absolute Gasteiger partial charge is 0.258 e. The first kappa shape index (κ1) is 17.0. The van der Waals surface area contributed by atoms with Crippen LogP contribution in [0.2, 0.25) is 0 Å². The Morgan fingerprint density at radius 1 is 1.04 bits per heavy atom. The van der Waals surface area contributed by atoms with E-state index in [0.29, 0.717) is 16.3 Å². The van der Waals surface area contributed by atoms with Crippen molar-refractivity contribution in [1.82, 2.24) is 4.98 Å². The van der Waals surface area contributed by atoms with Gasteiger partial charge in [-0.05, 0) is 61.4 Å². The zero-order chi connectivity index (χ0) is 17.8. The van der Waals surface area contributed by atoms with Crippen LogP contribution in [0.3, 0.4) is 0 Å². The van der Waals surface area contributed by atoms with Gasteiger partial charge in [-0.1, -0.05) is 30.0 Å². The van der Waals surface area contributed by atoms with E-state index in [1.807, 2.05) is 6.07 Å². The van der Waals surface area contributed by atoms with Crippen LogP contribution < -0.4 is 5.32 Å². The minimum atomic E-state index is -0.305. The van der Waals surface area contributed by atoms with Crippen LogP contribution in [0.25, 0.3) is 0 Å². The summed E-state index contributed by atoms with van der Waals surface area (Å²) in [6.45, 7) is 4.12. The molecule has 3 aromatic rings. The molecule has 0 bridgehead atoms. The van der Waals surface area contributed by atoms with Crippen LogP contribution in [0.5, 0.6) is 5.75 Å². The lowest BCUT2D eigenvalue weighted by atomic mass is 10.1. The monoisotopic (exact) mass is 350 g/mol. The second-order valence-corrected chi connectivity index (χ2v) is 6.74. The fraction of sp³-hybridized carbons (Fsp3) is 0.100. The van der Waals surface area contributed by atoms with Crippen LogP contribution in [0.1, 0.15) is 21.5 Å². The SMILES string of the molecule is Cc1ccc(Sc2ncccc2C(=O)Nc2ccccc2O)cc1C. The number of amides is 1. The summed E-state index contributed by atoms with van der Waals surface area (Å²) in [5.74, 6) is -0.274. The van der Waals surface area contributed by atoms with Crippen molar-refractivity contribution in [3.05, 3.63) is 77.5 Å². The van der Waals surface area contributed by atoms with Crippen LogP contribution >= 0.6 is 11.8 Å². The normalized spacial score (nSPS) is 10.5. The summed E-state index contributed by atoms with van der Waals surface area (Å²) in [6, 6.07) is 16.3. The number of hydrogen-bond donors (Lipinski definition) is 2. The van der Waals surface area contributed by atoms with Gasteiger partial charge >= 0.3 is 0 Å². The number of carbonyl (C=O) groups excluding carboxylic acids is 1. The topological polar surface area (TPSA) is 62.2 Å². The summed E-state index contributed by atoms with van der Waals surface area (Å²) in [6.07, 6.45) is 1.67. The molecular weight excluding hydrogens is 332 g/mol. The number of anilines is 1. The van der Waals surface area contributed by atoms with Gasteiger partial charge in [0.1, 0.15) is 10.8 Å². The second kappa shape index (κ2) is 7.40. The van der Waals surface area contributed by atoms with Gasteiger partial charge in [0.15, 0.2) is 0 Å². The molecule has 0 saturated carbocycles. The van der Waals surface area contributed by atoms with Crippen LogP contribution in [0.4, 0.5) is 5.69 Å². The van der Waals surface area contributed by atoms with E-state index in [-0.39, 0.29) is 11.7 Å². The Morgan fingerprint density at radius 3 is 2.60 bits per heavy atom. The highest BCUT2D eigenvalue weighted by Gasteiger charge is 2.15.